The molecule has 5 rings (SSSR count). The smallest absolute Gasteiger partial charge is 0.342 e. The first kappa shape index (κ1) is 27.2. The van der Waals surface area contributed by atoms with Gasteiger partial charge in [-0.05, 0) is 70.2 Å². The lowest BCUT2D eigenvalue weighted by molar-refractivity contribution is -0.140. The number of rotatable bonds is 6. The highest BCUT2D eigenvalue weighted by Crippen LogP contribution is 2.48. The molecule has 3 aliphatic rings. The number of fused-ring (bicyclic) bond motifs is 1. The summed E-state index contributed by atoms with van der Waals surface area (Å²) in [4.78, 5) is 36.6. The monoisotopic (exact) mass is 542 g/mol. The van der Waals surface area contributed by atoms with Crippen LogP contribution in [-0.4, -0.2) is 73.6 Å². The van der Waals surface area contributed by atoms with E-state index in [0.717, 1.165) is 49.2 Å². The summed E-state index contributed by atoms with van der Waals surface area (Å²) in [6.45, 7) is 4.89. The van der Waals surface area contributed by atoms with E-state index in [1.807, 2.05) is 6.07 Å². The highest BCUT2D eigenvalue weighted by molar-refractivity contribution is 6.01. The van der Waals surface area contributed by atoms with Gasteiger partial charge < -0.3 is 25.2 Å². The van der Waals surface area contributed by atoms with Crippen molar-refractivity contribution in [3.63, 3.8) is 0 Å². The van der Waals surface area contributed by atoms with E-state index >= 15 is 0 Å². The first-order valence-corrected chi connectivity index (χ1v) is 13.5. The minimum atomic E-state index is -3.55. The summed E-state index contributed by atoms with van der Waals surface area (Å²) in [5, 5.41) is 6.55. The Kier molecular flexibility index (Phi) is 7.21. The first-order valence-electron chi connectivity index (χ1n) is 13.5. The summed E-state index contributed by atoms with van der Waals surface area (Å²) < 4.78 is 34.8. The van der Waals surface area contributed by atoms with Gasteiger partial charge in [0.2, 0.25) is 0 Å². The minimum absolute atomic E-state index is 0.129. The zero-order valence-electron chi connectivity index (χ0n) is 22.9. The predicted molar refractivity (Wildman–Crippen MR) is 144 cm³/mol. The molecule has 2 fully saturated rings. The predicted octanol–water partition coefficient (Wildman–Crippen LogP) is 3.16. The SMILES string of the molecule is COc1cc(C(=O)NC2CC3(CCNCC3)C2)ccc1Cc1ncc2c(n1)N(C(C)C)CC(F)(F)C(=O)N2C. The van der Waals surface area contributed by atoms with E-state index < -0.39 is 18.4 Å². The molecule has 3 heterocycles. The molecule has 1 aliphatic carbocycles. The summed E-state index contributed by atoms with van der Waals surface area (Å²) in [6, 6.07) is 5.14. The van der Waals surface area contributed by atoms with Crippen LogP contribution in [0.25, 0.3) is 0 Å². The normalized spacial score (nSPS) is 20.4. The van der Waals surface area contributed by atoms with Gasteiger partial charge in [0.1, 0.15) is 17.3 Å². The van der Waals surface area contributed by atoms with Gasteiger partial charge in [-0.25, -0.2) is 9.97 Å². The molecule has 2 aromatic rings. The van der Waals surface area contributed by atoms with E-state index in [4.69, 9.17) is 4.74 Å². The summed E-state index contributed by atoms with van der Waals surface area (Å²) in [5.41, 5.74) is 1.88. The third kappa shape index (κ3) is 5.28. The molecule has 0 unspecified atom stereocenters. The van der Waals surface area contributed by atoms with Gasteiger partial charge in [0.05, 0.1) is 19.9 Å². The van der Waals surface area contributed by atoms with Crippen molar-refractivity contribution in [1.29, 1.82) is 0 Å². The Hall–Kier alpha value is -3.34. The number of alkyl halides is 2. The lowest BCUT2D eigenvalue weighted by atomic mass is 9.60. The van der Waals surface area contributed by atoms with Crippen LogP contribution in [0.15, 0.2) is 24.4 Å². The molecule has 1 spiro atoms. The van der Waals surface area contributed by atoms with Crippen LogP contribution in [0.3, 0.4) is 0 Å². The average molecular weight is 543 g/mol. The number of ether oxygens (including phenoxy) is 1. The Morgan fingerprint density at radius 2 is 1.97 bits per heavy atom. The molecule has 9 nitrogen and oxygen atoms in total. The van der Waals surface area contributed by atoms with Crippen molar-refractivity contribution in [3.8, 4) is 5.75 Å². The van der Waals surface area contributed by atoms with Crippen molar-refractivity contribution in [2.24, 2.45) is 5.41 Å². The molecule has 2 amide bonds. The second-order valence-corrected chi connectivity index (χ2v) is 11.3. The molecule has 0 radical (unpaired) electrons. The zero-order chi connectivity index (χ0) is 27.9. The summed E-state index contributed by atoms with van der Waals surface area (Å²) in [6.07, 6.45) is 6.04. The molecule has 1 aromatic heterocycles. The number of benzene rings is 1. The molecule has 0 bridgehead atoms. The number of methoxy groups -OCH3 is 1. The molecule has 0 atom stereocenters. The second kappa shape index (κ2) is 10.3. The molecule has 1 saturated carbocycles. The quantitative estimate of drug-likeness (QED) is 0.579. The number of halogens is 2. The van der Waals surface area contributed by atoms with Crippen LogP contribution in [0.5, 0.6) is 5.75 Å². The highest BCUT2D eigenvalue weighted by atomic mass is 19.3. The molecular weight excluding hydrogens is 506 g/mol. The van der Waals surface area contributed by atoms with Gasteiger partial charge in [-0.15, -0.1) is 0 Å². The maximum Gasteiger partial charge on any atom is 0.342 e. The van der Waals surface area contributed by atoms with E-state index in [1.165, 1.54) is 25.3 Å². The van der Waals surface area contributed by atoms with Gasteiger partial charge in [-0.1, -0.05) is 6.07 Å². The van der Waals surface area contributed by atoms with Crippen LogP contribution in [0.2, 0.25) is 0 Å². The van der Waals surface area contributed by atoms with Gasteiger partial charge in [0, 0.05) is 36.7 Å². The molecule has 1 saturated heterocycles. The summed E-state index contributed by atoms with van der Waals surface area (Å²) >= 11 is 0. The van der Waals surface area contributed by atoms with Crippen molar-refractivity contribution in [2.75, 3.05) is 43.6 Å². The fraction of sp³-hybridized carbons (Fsp3) is 0.571. The fourth-order valence-corrected chi connectivity index (χ4v) is 6.00. The molecule has 39 heavy (non-hydrogen) atoms. The Morgan fingerprint density at radius 3 is 2.64 bits per heavy atom. The van der Waals surface area contributed by atoms with Crippen molar-refractivity contribution in [3.05, 3.63) is 41.3 Å². The number of carbonyl (C=O) groups is 2. The number of nitrogens with zero attached hydrogens (tertiary/aromatic N) is 4. The third-order valence-electron chi connectivity index (χ3n) is 8.30. The minimum Gasteiger partial charge on any atom is -0.496 e. The third-order valence-corrected chi connectivity index (χ3v) is 8.30. The fourth-order valence-electron chi connectivity index (χ4n) is 6.00. The number of piperidine rings is 1. The Labute approximate surface area is 227 Å². The number of anilines is 2. The molecule has 210 valence electrons. The van der Waals surface area contributed by atoms with Crippen LogP contribution < -0.4 is 25.2 Å². The Bertz CT molecular complexity index is 1260. The van der Waals surface area contributed by atoms with Crippen molar-refractivity contribution in [1.82, 2.24) is 20.6 Å². The number of aromatic nitrogens is 2. The zero-order valence-corrected chi connectivity index (χ0v) is 22.9. The average Bonchev–Trinajstić information content (AvgIpc) is 2.97. The van der Waals surface area contributed by atoms with Crippen LogP contribution in [-0.2, 0) is 11.2 Å². The highest BCUT2D eigenvalue weighted by Gasteiger charge is 2.48. The van der Waals surface area contributed by atoms with Gasteiger partial charge in [0.25, 0.3) is 11.8 Å². The Morgan fingerprint density at radius 1 is 1.26 bits per heavy atom. The second-order valence-electron chi connectivity index (χ2n) is 11.3. The van der Waals surface area contributed by atoms with Gasteiger partial charge >= 0.3 is 5.92 Å². The Balaban J connectivity index is 1.32. The van der Waals surface area contributed by atoms with Gasteiger partial charge in [-0.2, -0.15) is 8.78 Å². The molecule has 1 aromatic carbocycles. The van der Waals surface area contributed by atoms with Crippen LogP contribution in [0, 0.1) is 5.41 Å². The lowest BCUT2D eigenvalue weighted by Crippen LogP contribution is -2.54. The standard InChI is InChI=1S/C28H36F2N6O3/c1-17(2)36-16-28(29,30)26(38)35(3)21-15-32-23(34-24(21)36)12-18-5-6-19(11-22(18)39-4)25(37)33-20-13-27(14-20)7-9-31-10-8-27/h5-6,11,15,17,20,31H,7-10,12-14,16H2,1-4H3,(H,33,37). The van der Waals surface area contributed by atoms with Crippen LogP contribution in [0.4, 0.5) is 20.3 Å². The molecular formula is C28H36F2N6O3. The maximum atomic E-state index is 14.6. The van der Waals surface area contributed by atoms with Gasteiger partial charge in [-0.3, -0.25) is 9.59 Å². The van der Waals surface area contributed by atoms with Crippen molar-refractivity contribution >= 4 is 23.3 Å². The van der Waals surface area contributed by atoms with E-state index in [9.17, 15) is 18.4 Å². The van der Waals surface area contributed by atoms with E-state index in [-0.39, 0.29) is 35.9 Å². The number of hydrogen-bond acceptors (Lipinski definition) is 7. The molecule has 2 aliphatic heterocycles. The topological polar surface area (TPSA) is 99.7 Å². The maximum absolute atomic E-state index is 14.6. The van der Waals surface area contributed by atoms with Gasteiger partial charge in [0.15, 0.2) is 5.82 Å². The number of nitrogens with one attached hydrogen (secondary N) is 2. The molecule has 2 N–H and O–H groups in total. The van der Waals surface area contributed by atoms with E-state index in [2.05, 4.69) is 20.6 Å². The number of carbonyl (C=O) groups excluding carboxylic acids is 2. The van der Waals surface area contributed by atoms with Crippen molar-refractivity contribution in [2.45, 2.75) is 64.0 Å². The van der Waals surface area contributed by atoms with Crippen LogP contribution >= 0.6 is 0 Å². The van der Waals surface area contributed by atoms with Crippen LogP contribution in [0.1, 0.15) is 61.3 Å². The number of hydrogen-bond donors (Lipinski definition) is 2. The van der Waals surface area contributed by atoms with Crippen molar-refractivity contribution < 1.29 is 23.1 Å². The number of amides is 2. The largest absolute Gasteiger partial charge is 0.496 e. The van der Waals surface area contributed by atoms with E-state index in [0.29, 0.717) is 22.6 Å². The first-order chi connectivity index (χ1) is 18.5. The lowest BCUT2D eigenvalue weighted by Gasteiger charge is -2.50. The molecule has 11 heteroatoms. The van der Waals surface area contributed by atoms with E-state index in [1.54, 1.807) is 26.0 Å². The summed E-state index contributed by atoms with van der Waals surface area (Å²) in [5.74, 6) is -3.77. The summed E-state index contributed by atoms with van der Waals surface area (Å²) in [7, 11) is 2.85.